The Morgan fingerprint density at radius 3 is 2.67 bits per heavy atom. The topological polar surface area (TPSA) is 45.9 Å². The highest BCUT2D eigenvalue weighted by molar-refractivity contribution is 7.09. The maximum Gasteiger partial charge on any atom is 0.182 e. The average Bonchev–Trinajstić information content (AvgIpc) is 2.90. The molecule has 1 unspecified atom stereocenters. The van der Waals surface area contributed by atoms with Gasteiger partial charge in [-0.3, -0.25) is 10.2 Å². The van der Waals surface area contributed by atoms with Crippen molar-refractivity contribution in [2.75, 3.05) is 0 Å². The number of fused-ring (bicyclic) bond motifs is 1. The van der Waals surface area contributed by atoms with Crippen molar-refractivity contribution >= 4 is 17.1 Å². The molecular weight excluding hydrogens is 316 g/mol. The van der Waals surface area contributed by atoms with Crippen molar-refractivity contribution in [3.63, 3.8) is 0 Å². The number of aryl methyl sites for hydroxylation is 1. The molecule has 2 rings (SSSR count). The second kappa shape index (κ2) is 10.4. The highest BCUT2D eigenvalue weighted by Gasteiger charge is 2.19. The normalized spacial score (nSPS) is 15.6. The zero-order valence-corrected chi connectivity index (χ0v) is 16.6. The highest BCUT2D eigenvalue weighted by Crippen LogP contribution is 2.23. The highest BCUT2D eigenvalue weighted by atomic mass is 32.1. The van der Waals surface area contributed by atoms with Gasteiger partial charge in [0.1, 0.15) is 0 Å². The lowest BCUT2D eigenvalue weighted by Crippen LogP contribution is -2.25. The van der Waals surface area contributed by atoms with E-state index in [0.717, 1.165) is 19.3 Å². The summed E-state index contributed by atoms with van der Waals surface area (Å²) in [5.41, 5.74) is 2.43. The summed E-state index contributed by atoms with van der Waals surface area (Å²) in [6.07, 6.45) is 11.6. The first-order valence-electron chi connectivity index (χ1n) is 9.16. The molecule has 0 radical (unpaired) electrons. The van der Waals surface area contributed by atoms with Crippen molar-refractivity contribution in [3.8, 4) is 0 Å². The molecule has 1 atom stereocenters. The Kier molecular flexibility index (Phi) is 8.98. The Hall–Kier alpha value is -1.42. The molecule has 0 saturated heterocycles. The van der Waals surface area contributed by atoms with E-state index in [1.54, 1.807) is 11.3 Å². The van der Waals surface area contributed by atoms with E-state index < -0.39 is 0 Å². The monoisotopic (exact) mass is 348 g/mol. The molecule has 4 heteroatoms. The van der Waals surface area contributed by atoms with Crippen LogP contribution in [-0.4, -0.2) is 10.4 Å². The molecule has 0 spiro atoms. The number of allylic oxidation sites excluding steroid dienone is 4. The number of ketones is 1. The van der Waals surface area contributed by atoms with Gasteiger partial charge in [-0.1, -0.05) is 51.5 Å². The van der Waals surface area contributed by atoms with E-state index in [-0.39, 0.29) is 11.7 Å². The smallest absolute Gasteiger partial charge is 0.182 e. The van der Waals surface area contributed by atoms with Crippen molar-refractivity contribution in [2.45, 2.75) is 73.3 Å². The number of carbonyl (C=O) groups is 1. The van der Waals surface area contributed by atoms with E-state index in [2.05, 4.69) is 19.9 Å². The van der Waals surface area contributed by atoms with Crippen LogP contribution in [-0.2, 0) is 24.2 Å². The minimum atomic E-state index is -0.105. The van der Waals surface area contributed by atoms with E-state index in [4.69, 9.17) is 5.41 Å². The molecule has 1 aromatic rings. The predicted molar refractivity (Wildman–Crippen MR) is 104 cm³/mol. The van der Waals surface area contributed by atoms with E-state index in [1.807, 2.05) is 37.5 Å². The molecule has 0 fully saturated rings. The van der Waals surface area contributed by atoms with Crippen molar-refractivity contribution in [1.82, 2.24) is 4.57 Å². The second-order valence-corrected chi connectivity index (χ2v) is 7.12. The molecule has 1 N–H and O–H groups in total. The molecule has 3 nitrogen and oxygen atoms in total. The van der Waals surface area contributed by atoms with Crippen LogP contribution in [0.2, 0.25) is 0 Å². The maximum absolute atomic E-state index is 12.4. The standard InChI is InChI=1S/C18H26N2OS.C2H6/c1-4-7-13(2)10-11-14(3)16(21)12-20-15-8-5-6-9-17(15)22-18(20)19;1-2/h7,10-11,14,19H,4-6,8-9,12H2,1-3H3;1-2H3/b11-10-,13-7-,19-18?;. The number of hydrogen-bond donors (Lipinski definition) is 1. The first-order valence-corrected chi connectivity index (χ1v) is 9.98. The minimum Gasteiger partial charge on any atom is -0.314 e. The Bertz CT molecular complexity index is 649. The van der Waals surface area contributed by atoms with Gasteiger partial charge in [0, 0.05) is 16.5 Å². The fourth-order valence-electron chi connectivity index (χ4n) is 2.81. The van der Waals surface area contributed by atoms with Gasteiger partial charge in [0.2, 0.25) is 0 Å². The number of Topliss-reactive ketones (excluding diaryl/α,β-unsaturated/α-hetero) is 1. The molecule has 1 heterocycles. The van der Waals surface area contributed by atoms with Gasteiger partial charge in [-0.2, -0.15) is 0 Å². The number of nitrogens with zero attached hydrogens (tertiary/aromatic N) is 1. The number of aromatic nitrogens is 1. The minimum absolute atomic E-state index is 0.105. The Morgan fingerprint density at radius 1 is 1.33 bits per heavy atom. The number of nitrogens with one attached hydrogen (secondary N) is 1. The third-order valence-corrected chi connectivity index (χ3v) is 5.28. The largest absolute Gasteiger partial charge is 0.314 e. The fourth-order valence-corrected chi connectivity index (χ4v) is 3.91. The van der Waals surface area contributed by atoms with Crippen molar-refractivity contribution in [2.24, 2.45) is 5.92 Å². The Labute approximate surface area is 150 Å². The summed E-state index contributed by atoms with van der Waals surface area (Å²) < 4.78 is 1.93. The average molecular weight is 349 g/mol. The van der Waals surface area contributed by atoms with Gasteiger partial charge < -0.3 is 4.57 Å². The summed E-state index contributed by atoms with van der Waals surface area (Å²) in [7, 11) is 0. The number of hydrogen-bond acceptors (Lipinski definition) is 3. The van der Waals surface area contributed by atoms with E-state index >= 15 is 0 Å². The molecule has 1 aliphatic carbocycles. The van der Waals surface area contributed by atoms with Crippen LogP contribution in [0.4, 0.5) is 0 Å². The predicted octanol–water partition coefficient (Wildman–Crippen LogP) is 5.05. The molecule has 1 aromatic heterocycles. The van der Waals surface area contributed by atoms with Gasteiger partial charge in [0.15, 0.2) is 10.6 Å². The lowest BCUT2D eigenvalue weighted by Gasteiger charge is -2.15. The zero-order valence-electron chi connectivity index (χ0n) is 15.8. The van der Waals surface area contributed by atoms with Crippen LogP contribution in [0.15, 0.2) is 23.8 Å². The number of carbonyl (C=O) groups excluding carboxylic acids is 1. The summed E-state index contributed by atoms with van der Waals surface area (Å²) >= 11 is 1.55. The van der Waals surface area contributed by atoms with Gasteiger partial charge >= 0.3 is 0 Å². The molecule has 0 aromatic carbocycles. The van der Waals surface area contributed by atoms with Crippen molar-refractivity contribution in [3.05, 3.63) is 39.2 Å². The van der Waals surface area contributed by atoms with Crippen LogP contribution in [0.1, 0.15) is 64.5 Å². The van der Waals surface area contributed by atoms with Gasteiger partial charge in [0.05, 0.1) is 6.54 Å². The molecule has 0 amide bonds. The Balaban J connectivity index is 0.00000139. The lowest BCUT2D eigenvalue weighted by molar-refractivity contribution is -0.121. The van der Waals surface area contributed by atoms with E-state index in [9.17, 15) is 4.79 Å². The van der Waals surface area contributed by atoms with Crippen LogP contribution < -0.4 is 4.80 Å². The zero-order chi connectivity index (χ0) is 18.1. The molecule has 1 aliphatic rings. The van der Waals surface area contributed by atoms with Gasteiger partial charge in [0.25, 0.3) is 0 Å². The van der Waals surface area contributed by atoms with Gasteiger partial charge in [-0.25, -0.2) is 0 Å². The molecular formula is C20H32N2OS. The van der Waals surface area contributed by atoms with Gasteiger partial charge in [-0.05, 0) is 39.0 Å². The van der Waals surface area contributed by atoms with Crippen molar-refractivity contribution in [1.29, 1.82) is 5.41 Å². The summed E-state index contributed by atoms with van der Waals surface area (Å²) in [4.78, 5) is 14.3. The lowest BCUT2D eigenvalue weighted by atomic mass is 10.0. The quantitative estimate of drug-likeness (QED) is 0.718. The summed E-state index contributed by atoms with van der Waals surface area (Å²) in [6, 6.07) is 0. The maximum atomic E-state index is 12.4. The summed E-state index contributed by atoms with van der Waals surface area (Å²) in [5, 5.41) is 8.13. The van der Waals surface area contributed by atoms with Crippen LogP contribution >= 0.6 is 11.3 Å². The fraction of sp³-hybridized carbons (Fsp3) is 0.600. The molecule has 134 valence electrons. The summed E-state index contributed by atoms with van der Waals surface area (Å²) in [6.45, 7) is 10.5. The van der Waals surface area contributed by atoms with Crippen LogP contribution in [0.25, 0.3) is 0 Å². The van der Waals surface area contributed by atoms with Gasteiger partial charge in [-0.15, -0.1) is 11.3 Å². The molecule has 24 heavy (non-hydrogen) atoms. The van der Waals surface area contributed by atoms with E-state index in [0.29, 0.717) is 11.3 Å². The molecule has 0 aliphatic heterocycles. The van der Waals surface area contributed by atoms with E-state index in [1.165, 1.54) is 29.0 Å². The molecule has 0 saturated carbocycles. The first-order chi connectivity index (χ1) is 11.5. The van der Waals surface area contributed by atoms with Crippen LogP contribution in [0, 0.1) is 11.3 Å². The Morgan fingerprint density at radius 2 is 2.00 bits per heavy atom. The third-order valence-electron chi connectivity index (χ3n) is 4.18. The van der Waals surface area contributed by atoms with Crippen LogP contribution in [0.5, 0.6) is 0 Å². The second-order valence-electron chi connectivity index (χ2n) is 6.04. The van der Waals surface area contributed by atoms with Crippen LogP contribution in [0.3, 0.4) is 0 Å². The number of rotatable bonds is 6. The number of thiazole rings is 1. The first kappa shape index (κ1) is 20.6. The molecule has 0 bridgehead atoms. The summed E-state index contributed by atoms with van der Waals surface area (Å²) in [5.74, 6) is 0.0801. The van der Waals surface area contributed by atoms with Crippen molar-refractivity contribution < 1.29 is 4.79 Å². The SMILES string of the molecule is CC.CC/C=C(C)\C=C/C(C)C(=O)Cn1c2c(sc1=N)CCCC2. The third kappa shape index (κ3) is 5.59.